The summed E-state index contributed by atoms with van der Waals surface area (Å²) in [5, 5.41) is 47.1. The third-order valence-corrected chi connectivity index (χ3v) is 25.6. The molecule has 3 heterocycles. The second-order valence-corrected chi connectivity index (χ2v) is 45.1. The predicted molar refractivity (Wildman–Crippen MR) is 525 cm³/mol. The topological polar surface area (TPSA) is 746 Å². The number of amides is 4. The molecule has 0 aliphatic rings. The third kappa shape index (κ3) is 51.7. The van der Waals surface area contributed by atoms with Crippen LogP contribution in [-0.4, -0.2) is 322 Å². The number of ether oxygens (including phenoxy) is 13. The Morgan fingerprint density at radius 3 is 0.748 bits per heavy atom. The van der Waals surface area contributed by atoms with Gasteiger partial charge < -0.3 is 88.0 Å². The molecule has 824 valence electrons. The van der Waals surface area contributed by atoms with Gasteiger partial charge in [-0.2, -0.15) is 58.9 Å². The molecular formula is C87H129N13O40S7. The molecule has 3 aromatic heterocycles. The Kier molecular flexibility index (Phi) is 50.6. The number of aromatic nitrogens is 9. The highest BCUT2D eigenvalue weighted by Crippen LogP contribution is 2.44. The smallest absolute Gasteiger partial charge is 0.407 e. The van der Waals surface area contributed by atoms with E-state index in [0.717, 1.165) is 0 Å². The van der Waals surface area contributed by atoms with Crippen molar-refractivity contribution in [3.05, 3.63) is 106 Å². The monoisotopic (exact) mass is 2220 g/mol. The molecule has 0 aliphatic heterocycles. The zero-order valence-corrected chi connectivity index (χ0v) is 87.3. The largest absolute Gasteiger partial charge is 0.490 e. The van der Waals surface area contributed by atoms with Gasteiger partial charge in [0.2, 0.25) is 23.0 Å². The van der Waals surface area contributed by atoms with Crippen molar-refractivity contribution in [2.45, 2.75) is 188 Å². The number of alkyl carbamates (subject to hydrolysis) is 1. The van der Waals surface area contributed by atoms with Gasteiger partial charge in [-0.15, -0.1) is 15.3 Å². The van der Waals surface area contributed by atoms with E-state index in [9.17, 15) is 120 Å². The van der Waals surface area contributed by atoms with Gasteiger partial charge in [-0.05, 0) is 204 Å². The van der Waals surface area contributed by atoms with Crippen LogP contribution in [0, 0.1) is 0 Å². The second kappa shape index (κ2) is 60.8. The first kappa shape index (κ1) is 122. The zero-order valence-electron chi connectivity index (χ0n) is 81.6. The van der Waals surface area contributed by atoms with Gasteiger partial charge in [0.05, 0.1) is 142 Å². The van der Waals surface area contributed by atoms with E-state index >= 15 is 0 Å². The minimum atomic E-state index is -4.41. The number of hydrogen-bond acceptors (Lipinski definition) is 38. The predicted octanol–water partition coefficient (Wildman–Crippen LogP) is 6.50. The van der Waals surface area contributed by atoms with Crippen LogP contribution in [0.3, 0.4) is 0 Å². The van der Waals surface area contributed by atoms with E-state index in [1.54, 1.807) is 53.4 Å². The number of carbonyl (C=O) groups is 5. The molecular weight excluding hydrogens is 2090 g/mol. The molecule has 0 aliphatic carbocycles. The SMILES string of the molecule is CCCOc1cc(C(=O)NCCCn2cc(CCCCOc3cc(C(=O)O)cc(OCCCCc4cn(CCCNC(=O)c5cc(OCCCS(=O)(=O)O)c(OCCCS(=O)(=O)O)c(OCCCS(=O)(=O)O)c5)nn4)c3OCCCCc3cn(CCCNC(=O)c4cc(OCCCS(=O)(=O)O)c(OCCCNC(=O)OC(C)(C)C)c(OCCCS(=O)(=O)O)c4)nn3)nn2)cc(OCCCS(=O)(=O)O)c1OCCCS(=O)(=O)O. The standard InChI is InChI=1S/C87H129N13O40S7/c1-5-33-128-70-52-63(53-71(131-38-16-45-141(107,108)109)78(70)138-43-21-50-146(122,123)124)82(101)88-26-12-30-98-60-67(92-95-98)23-6-9-34-129-76-58-66(85(104)105)59-77(130-35-10-7-24-68-61-99(96-93-68)31-13-28-90-84(103)65-56-74(134-41-19-48-144(116,117)118)80(139-44-22-51-147(125,126)127)75(57-65)135-42-20-49-145(119,120)121)81(76)136-36-11-8-25-69-62-100(97-94-69)32-14-27-89-83(102)64-54-72(132-39-17-46-142(110,111)112)79(73(55-64)133-40-18-47-143(113,114)115)137-37-15-29-91-86(106)140-87(2,3)4/h52-62H,5-51H2,1-4H3,(H,88,101)(H,89,102)(H,90,103)(H,91,106)(H,104,105)(H,107,108,109)(H,110,111,112)(H,113,114,115)(H,116,117,118)(H,119,120,121)(H,122,123,124)(H,125,126,127). The van der Waals surface area contributed by atoms with Gasteiger partial charge in [-0.1, -0.05) is 22.6 Å². The van der Waals surface area contributed by atoms with Crippen LogP contribution >= 0.6 is 0 Å². The van der Waals surface area contributed by atoms with Gasteiger partial charge in [0.15, 0.2) is 46.0 Å². The molecule has 12 N–H and O–H groups in total. The Morgan fingerprint density at radius 1 is 0.293 bits per heavy atom. The van der Waals surface area contributed by atoms with Crippen LogP contribution in [0.25, 0.3) is 0 Å². The Labute approximate surface area is 852 Å². The molecule has 0 unspecified atom stereocenters. The summed E-state index contributed by atoms with van der Waals surface area (Å²) in [4.78, 5) is 66.3. The first-order valence-corrected chi connectivity index (χ1v) is 58.2. The maximum absolute atomic E-state index is 13.8. The molecule has 0 spiro atoms. The van der Waals surface area contributed by atoms with E-state index in [1.807, 2.05) is 6.92 Å². The second-order valence-electron chi connectivity index (χ2n) is 34.1. The summed E-state index contributed by atoms with van der Waals surface area (Å²) in [5.41, 5.74) is 0.892. The molecule has 0 saturated heterocycles. The molecule has 7 aromatic rings. The van der Waals surface area contributed by atoms with Crippen LogP contribution in [0.15, 0.2) is 67.1 Å². The number of carboxylic acids is 1. The Morgan fingerprint density at radius 2 is 0.510 bits per heavy atom. The Balaban J connectivity index is 0.981. The fourth-order valence-electron chi connectivity index (χ4n) is 13.2. The van der Waals surface area contributed by atoms with Gasteiger partial charge in [0, 0.05) is 81.1 Å². The van der Waals surface area contributed by atoms with Crippen molar-refractivity contribution in [2.24, 2.45) is 0 Å². The van der Waals surface area contributed by atoms with Gasteiger partial charge in [-0.25, -0.2) is 9.59 Å². The summed E-state index contributed by atoms with van der Waals surface area (Å²) in [6.07, 6.45) is 9.11. The third-order valence-electron chi connectivity index (χ3n) is 20.0. The highest BCUT2D eigenvalue weighted by molar-refractivity contribution is 7.87. The molecule has 4 amide bonds. The summed E-state index contributed by atoms with van der Waals surface area (Å²) >= 11 is 0. The molecule has 0 radical (unpaired) electrons. The Bertz CT molecular complexity index is 6130. The van der Waals surface area contributed by atoms with Crippen molar-refractivity contribution in [1.29, 1.82) is 0 Å². The number of carbonyl (C=O) groups excluding carboxylic acids is 4. The van der Waals surface area contributed by atoms with Crippen molar-refractivity contribution in [3.63, 3.8) is 0 Å². The lowest BCUT2D eigenvalue weighted by Gasteiger charge is -2.20. The summed E-state index contributed by atoms with van der Waals surface area (Å²) in [6, 6.07) is 10.5. The highest BCUT2D eigenvalue weighted by Gasteiger charge is 2.28. The molecule has 53 nitrogen and oxygen atoms in total. The molecule has 0 fully saturated rings. The first-order valence-electron chi connectivity index (χ1n) is 47.0. The van der Waals surface area contributed by atoms with Crippen molar-refractivity contribution < 1.29 is 181 Å². The zero-order chi connectivity index (χ0) is 108. The molecule has 7 rings (SSSR count). The van der Waals surface area contributed by atoms with E-state index in [-0.39, 0.29) is 255 Å². The highest BCUT2D eigenvalue weighted by atomic mass is 32.2. The summed E-state index contributed by atoms with van der Waals surface area (Å²) < 4.78 is 307. The number of unbranched alkanes of at least 4 members (excludes halogenated alkanes) is 3. The minimum Gasteiger partial charge on any atom is -0.490 e. The van der Waals surface area contributed by atoms with Crippen LogP contribution in [0.4, 0.5) is 4.79 Å². The van der Waals surface area contributed by atoms with Crippen LogP contribution in [0.5, 0.6) is 69.0 Å². The number of hydrogen-bond donors (Lipinski definition) is 12. The lowest BCUT2D eigenvalue weighted by Crippen LogP contribution is -2.33. The molecule has 0 atom stereocenters. The molecule has 60 heteroatoms. The molecule has 0 bridgehead atoms. The quantitative estimate of drug-likeness (QED) is 0.0143. The van der Waals surface area contributed by atoms with Gasteiger partial charge in [0.25, 0.3) is 88.5 Å². The average Bonchev–Trinajstić information content (AvgIpc) is 1.80. The maximum Gasteiger partial charge on any atom is 0.407 e. The Hall–Kier alpha value is -11.6. The van der Waals surface area contributed by atoms with Crippen LogP contribution in [-0.2, 0) is 114 Å². The normalized spacial score (nSPS) is 12.1. The van der Waals surface area contributed by atoms with Gasteiger partial charge in [0.1, 0.15) is 5.60 Å². The van der Waals surface area contributed by atoms with Gasteiger partial charge in [-0.3, -0.25) is 60.3 Å². The van der Waals surface area contributed by atoms with Crippen LogP contribution in [0.1, 0.15) is 202 Å². The van der Waals surface area contributed by atoms with Crippen LogP contribution in [0.2, 0.25) is 0 Å². The number of aromatic carboxylic acids is 1. The number of benzene rings is 4. The number of rotatable bonds is 77. The lowest BCUT2D eigenvalue weighted by molar-refractivity contribution is 0.0523. The summed E-state index contributed by atoms with van der Waals surface area (Å²) in [5.74, 6) is -8.30. The number of nitrogens with one attached hydrogen (secondary N) is 4. The molecule has 0 saturated carbocycles. The first-order chi connectivity index (χ1) is 69.3. The van der Waals surface area contributed by atoms with E-state index in [4.69, 9.17) is 61.6 Å². The van der Waals surface area contributed by atoms with E-state index in [1.165, 1.54) is 48.5 Å². The van der Waals surface area contributed by atoms with Crippen LogP contribution < -0.4 is 78.1 Å². The van der Waals surface area contributed by atoms with E-state index < -0.39 is 146 Å². The van der Waals surface area contributed by atoms with Crippen molar-refractivity contribution >= 4 is 101 Å². The summed E-state index contributed by atoms with van der Waals surface area (Å²) in [7, 11) is -30.7. The van der Waals surface area contributed by atoms with Crippen molar-refractivity contribution in [3.8, 4) is 69.0 Å². The van der Waals surface area contributed by atoms with E-state index in [0.29, 0.717) is 114 Å². The molecule has 4 aromatic carbocycles. The van der Waals surface area contributed by atoms with E-state index in [2.05, 4.69) is 52.2 Å². The minimum absolute atomic E-state index is 0.00474. The number of carboxylic acid groups (broad SMARTS) is 1. The number of aryl methyl sites for hydroxylation is 6. The fourth-order valence-corrected chi connectivity index (χ4v) is 16.6. The van der Waals surface area contributed by atoms with Crippen molar-refractivity contribution in [1.82, 2.24) is 66.2 Å². The summed E-state index contributed by atoms with van der Waals surface area (Å²) in [6.45, 7) is 6.45. The lowest BCUT2D eigenvalue weighted by atomic mass is 10.1. The van der Waals surface area contributed by atoms with Gasteiger partial charge >= 0.3 is 12.1 Å². The van der Waals surface area contributed by atoms with Crippen molar-refractivity contribution in [2.75, 3.05) is 146 Å². The number of nitrogens with zero attached hydrogens (tertiary/aromatic N) is 9. The molecule has 147 heavy (non-hydrogen) atoms. The maximum atomic E-state index is 13.8. The fraction of sp³-hybridized carbons (Fsp3) is 0.598. The average molecular weight is 2220 g/mol.